The van der Waals surface area contributed by atoms with E-state index in [0.717, 1.165) is 0 Å². The molecule has 0 aliphatic carbocycles. The second-order valence-electron chi connectivity index (χ2n) is 6.88. The first kappa shape index (κ1) is 21.4. The van der Waals surface area contributed by atoms with Gasteiger partial charge in [0.2, 0.25) is 0 Å². The van der Waals surface area contributed by atoms with Crippen molar-refractivity contribution in [1.29, 1.82) is 0 Å². The first-order chi connectivity index (χ1) is 15.4. The molecule has 0 spiro atoms. The zero-order chi connectivity index (χ0) is 22.8. The lowest BCUT2D eigenvalue weighted by Crippen LogP contribution is -2.33. The summed E-state index contributed by atoms with van der Waals surface area (Å²) in [5.41, 5.74) is 0.470. The molecule has 0 saturated heterocycles. The molecule has 32 heavy (non-hydrogen) atoms. The second kappa shape index (κ2) is 8.75. The van der Waals surface area contributed by atoms with E-state index in [1.165, 1.54) is 40.1 Å². The summed E-state index contributed by atoms with van der Waals surface area (Å²) in [5.74, 6) is -0.135. The Morgan fingerprint density at radius 1 is 1.22 bits per heavy atom. The number of rotatable bonds is 6. The topological polar surface area (TPSA) is 97.9 Å². The van der Waals surface area contributed by atoms with Crippen molar-refractivity contribution < 1.29 is 19.0 Å². The molecule has 2 aromatic carbocycles. The Hall–Kier alpha value is -3.79. The van der Waals surface area contributed by atoms with E-state index in [0.29, 0.717) is 21.0 Å². The van der Waals surface area contributed by atoms with Crippen LogP contribution < -0.4 is 15.6 Å². The predicted octanol–water partition coefficient (Wildman–Crippen LogP) is 4.11. The fraction of sp³-hybridized carbons (Fsp3) is 0.136. The van der Waals surface area contributed by atoms with E-state index >= 15 is 0 Å². The Morgan fingerprint density at radius 3 is 2.62 bits per heavy atom. The number of carbonyl (C=O) groups is 1. The number of fused-ring (bicyclic) bond motifs is 1. The van der Waals surface area contributed by atoms with Crippen LogP contribution in [0.4, 0.5) is 9.18 Å². The molecule has 164 valence electrons. The van der Waals surface area contributed by atoms with Crippen molar-refractivity contribution in [3.8, 4) is 11.4 Å². The van der Waals surface area contributed by atoms with E-state index in [1.54, 1.807) is 49.5 Å². The summed E-state index contributed by atoms with van der Waals surface area (Å²) in [7, 11) is 1.39. The van der Waals surface area contributed by atoms with Gasteiger partial charge >= 0.3 is 6.09 Å². The van der Waals surface area contributed by atoms with E-state index in [-0.39, 0.29) is 17.1 Å². The molecule has 10 heteroatoms. The average molecular weight is 454 g/mol. The maximum Gasteiger partial charge on any atom is 0.405 e. The minimum Gasteiger partial charge on any atom is -0.494 e. The molecular formula is C22H19FN4O4S. The molecule has 4 rings (SSSR count). The van der Waals surface area contributed by atoms with Crippen LogP contribution in [0.1, 0.15) is 18.8 Å². The molecule has 1 unspecified atom stereocenters. The molecule has 2 heterocycles. The number of ether oxygens (including phenoxy) is 1. The van der Waals surface area contributed by atoms with Gasteiger partial charge in [-0.05, 0) is 43.3 Å². The molecule has 0 aliphatic rings. The third-order valence-electron chi connectivity index (χ3n) is 4.77. The summed E-state index contributed by atoms with van der Waals surface area (Å²) in [6, 6.07) is 14.4. The molecule has 0 saturated carbocycles. The summed E-state index contributed by atoms with van der Waals surface area (Å²) in [5, 5.41) is 16.0. The minimum absolute atomic E-state index is 0.133. The van der Waals surface area contributed by atoms with Crippen LogP contribution >= 0.6 is 11.8 Å². The maximum absolute atomic E-state index is 14.1. The number of aromatic nitrogens is 3. The Morgan fingerprint density at radius 2 is 1.97 bits per heavy atom. The lowest BCUT2D eigenvalue weighted by Gasteiger charge is -2.18. The van der Waals surface area contributed by atoms with Crippen LogP contribution in [0.25, 0.3) is 11.2 Å². The van der Waals surface area contributed by atoms with Crippen LogP contribution in [0.5, 0.6) is 5.75 Å². The number of hydrogen-bond acceptors (Lipinski definition) is 5. The van der Waals surface area contributed by atoms with Crippen molar-refractivity contribution in [2.24, 2.45) is 0 Å². The Kier molecular flexibility index (Phi) is 5.87. The number of benzene rings is 2. The quantitative estimate of drug-likeness (QED) is 0.455. The molecule has 1 amide bonds. The number of hydrogen-bond donors (Lipinski definition) is 2. The molecule has 0 aliphatic heterocycles. The van der Waals surface area contributed by atoms with Gasteiger partial charge in [-0.3, -0.25) is 9.36 Å². The normalized spacial score (nSPS) is 12.0. The van der Waals surface area contributed by atoms with E-state index in [4.69, 9.17) is 9.84 Å². The van der Waals surface area contributed by atoms with Gasteiger partial charge in [0.15, 0.2) is 17.4 Å². The molecule has 8 nitrogen and oxygen atoms in total. The number of methoxy groups -OCH3 is 1. The zero-order valence-electron chi connectivity index (χ0n) is 17.2. The lowest BCUT2D eigenvalue weighted by molar-refractivity contribution is 0.190. The molecule has 4 aromatic rings. The molecule has 0 bridgehead atoms. The summed E-state index contributed by atoms with van der Waals surface area (Å²) in [6.45, 7) is 1.61. The van der Waals surface area contributed by atoms with Gasteiger partial charge in [-0.2, -0.15) is 5.10 Å². The van der Waals surface area contributed by atoms with Gasteiger partial charge in [0.1, 0.15) is 5.52 Å². The van der Waals surface area contributed by atoms with Crippen molar-refractivity contribution in [2.75, 3.05) is 7.11 Å². The highest BCUT2D eigenvalue weighted by Crippen LogP contribution is 2.33. The number of nitrogens with zero attached hydrogens (tertiary/aromatic N) is 3. The smallest absolute Gasteiger partial charge is 0.405 e. The third kappa shape index (κ3) is 4.04. The second-order valence-corrected chi connectivity index (χ2v) is 7.99. The van der Waals surface area contributed by atoms with Crippen LogP contribution in [0.2, 0.25) is 0 Å². The number of nitrogens with one attached hydrogen (secondary N) is 1. The molecule has 2 aromatic heterocycles. The SMILES string of the molecule is COc1ccc(Sc2ccn3nc(C(C)NC(=O)O)n(-c4ccccc4)c(=O)c23)cc1F. The van der Waals surface area contributed by atoms with Gasteiger partial charge < -0.3 is 15.2 Å². The number of carboxylic acid groups (broad SMARTS) is 1. The standard InChI is InChI=1S/C22H19FN4O4S/c1-13(24-22(29)30)20-25-26-11-10-18(32-15-8-9-17(31-2)16(23)12-15)19(26)21(28)27(20)14-6-4-3-5-7-14/h3-13,24H,1-2H3,(H,29,30). The Labute approximate surface area is 186 Å². The fourth-order valence-corrected chi connectivity index (χ4v) is 4.29. The van der Waals surface area contributed by atoms with Gasteiger partial charge in [-0.15, -0.1) is 0 Å². The summed E-state index contributed by atoms with van der Waals surface area (Å²) in [6.07, 6.45) is 0.391. The zero-order valence-corrected chi connectivity index (χ0v) is 18.0. The highest BCUT2D eigenvalue weighted by Gasteiger charge is 2.22. The first-order valence-electron chi connectivity index (χ1n) is 9.59. The molecule has 0 radical (unpaired) electrons. The number of para-hydroxylation sites is 1. The first-order valence-corrected chi connectivity index (χ1v) is 10.4. The molecule has 0 fully saturated rings. The van der Waals surface area contributed by atoms with Crippen LogP contribution in [0, 0.1) is 5.82 Å². The number of halogens is 1. The van der Waals surface area contributed by atoms with Gasteiger partial charge in [0, 0.05) is 16.0 Å². The van der Waals surface area contributed by atoms with Gasteiger partial charge in [-0.1, -0.05) is 30.0 Å². The Bertz CT molecular complexity index is 1350. The van der Waals surface area contributed by atoms with Gasteiger partial charge in [0.05, 0.1) is 18.8 Å². The van der Waals surface area contributed by atoms with Crippen LogP contribution in [0.15, 0.2) is 75.4 Å². The average Bonchev–Trinajstić information content (AvgIpc) is 3.17. The number of amides is 1. The third-order valence-corrected chi connectivity index (χ3v) is 5.81. The summed E-state index contributed by atoms with van der Waals surface area (Å²) in [4.78, 5) is 26.0. The van der Waals surface area contributed by atoms with Gasteiger partial charge in [0.25, 0.3) is 5.56 Å². The van der Waals surface area contributed by atoms with E-state index in [1.807, 2.05) is 6.07 Å². The Balaban J connectivity index is 1.87. The monoisotopic (exact) mass is 454 g/mol. The summed E-state index contributed by atoms with van der Waals surface area (Å²) >= 11 is 1.22. The lowest BCUT2D eigenvalue weighted by atomic mass is 10.2. The summed E-state index contributed by atoms with van der Waals surface area (Å²) < 4.78 is 21.9. The largest absolute Gasteiger partial charge is 0.494 e. The molecular weight excluding hydrogens is 435 g/mol. The molecule has 2 N–H and O–H groups in total. The van der Waals surface area contributed by atoms with Crippen molar-refractivity contribution in [3.63, 3.8) is 0 Å². The van der Waals surface area contributed by atoms with Crippen molar-refractivity contribution in [1.82, 2.24) is 19.5 Å². The molecule has 1 atom stereocenters. The maximum atomic E-state index is 14.1. The van der Waals surface area contributed by atoms with Crippen molar-refractivity contribution in [3.05, 3.63) is 82.8 Å². The van der Waals surface area contributed by atoms with E-state index < -0.39 is 18.0 Å². The van der Waals surface area contributed by atoms with Gasteiger partial charge in [-0.25, -0.2) is 13.7 Å². The van der Waals surface area contributed by atoms with Crippen LogP contribution in [0.3, 0.4) is 0 Å². The fourth-order valence-electron chi connectivity index (χ4n) is 3.33. The minimum atomic E-state index is -1.23. The van der Waals surface area contributed by atoms with E-state index in [9.17, 15) is 14.0 Å². The highest BCUT2D eigenvalue weighted by atomic mass is 32.2. The van der Waals surface area contributed by atoms with Crippen molar-refractivity contribution >= 4 is 23.4 Å². The predicted molar refractivity (Wildman–Crippen MR) is 117 cm³/mol. The highest BCUT2D eigenvalue weighted by molar-refractivity contribution is 7.99. The van der Waals surface area contributed by atoms with Crippen LogP contribution in [-0.4, -0.2) is 32.5 Å². The van der Waals surface area contributed by atoms with Crippen LogP contribution in [-0.2, 0) is 0 Å². The van der Waals surface area contributed by atoms with E-state index in [2.05, 4.69) is 10.4 Å². The van der Waals surface area contributed by atoms with Crippen molar-refractivity contribution in [2.45, 2.75) is 22.8 Å².